The van der Waals surface area contributed by atoms with Crippen molar-refractivity contribution in [1.82, 2.24) is 29.1 Å². The molecule has 12 rings (SSSR count). The lowest BCUT2D eigenvalue weighted by Gasteiger charge is -2.12. The molecule has 290 valence electrons. The third-order valence-electron chi connectivity index (χ3n) is 11.8. The van der Waals surface area contributed by atoms with Gasteiger partial charge in [-0.25, -0.2) is 19.9 Å². The molecule has 0 atom stereocenters. The van der Waals surface area contributed by atoms with Crippen LogP contribution in [0.1, 0.15) is 0 Å². The predicted molar refractivity (Wildman–Crippen MR) is 253 cm³/mol. The lowest BCUT2D eigenvalue weighted by Crippen LogP contribution is -2.04. The zero-order valence-electron chi connectivity index (χ0n) is 33.5. The van der Waals surface area contributed by atoms with Gasteiger partial charge in [-0.15, -0.1) is 0 Å². The Morgan fingerprint density at radius 1 is 0.258 bits per heavy atom. The summed E-state index contributed by atoms with van der Waals surface area (Å²) in [6, 6.07) is 76.1. The van der Waals surface area contributed by atoms with Crippen molar-refractivity contribution in [3.63, 3.8) is 0 Å². The van der Waals surface area contributed by atoms with Gasteiger partial charge in [0.15, 0.2) is 5.82 Å². The molecule has 4 heterocycles. The molecular formula is C56H36N6. The van der Waals surface area contributed by atoms with E-state index < -0.39 is 0 Å². The Labute approximate surface area is 357 Å². The van der Waals surface area contributed by atoms with Gasteiger partial charge in [-0.1, -0.05) is 170 Å². The molecule has 0 saturated carbocycles. The van der Waals surface area contributed by atoms with Gasteiger partial charge in [-0.2, -0.15) is 0 Å². The zero-order valence-corrected chi connectivity index (χ0v) is 33.5. The van der Waals surface area contributed by atoms with Crippen molar-refractivity contribution in [2.75, 3.05) is 0 Å². The van der Waals surface area contributed by atoms with Crippen molar-refractivity contribution in [2.45, 2.75) is 0 Å². The molecule has 6 nitrogen and oxygen atoms in total. The van der Waals surface area contributed by atoms with E-state index in [0.717, 1.165) is 99.9 Å². The van der Waals surface area contributed by atoms with Crippen LogP contribution in [0.25, 0.3) is 112 Å². The molecule has 62 heavy (non-hydrogen) atoms. The highest BCUT2D eigenvalue weighted by Crippen LogP contribution is 2.39. The maximum absolute atomic E-state index is 5.23. The highest BCUT2D eigenvalue weighted by Gasteiger charge is 2.20. The summed E-state index contributed by atoms with van der Waals surface area (Å²) in [6.07, 6.45) is 0. The second-order valence-electron chi connectivity index (χ2n) is 15.5. The number of nitrogens with zero attached hydrogens (tertiary/aromatic N) is 6. The Morgan fingerprint density at radius 3 is 1.18 bits per heavy atom. The van der Waals surface area contributed by atoms with Crippen molar-refractivity contribution < 1.29 is 0 Å². The molecule has 0 bridgehead atoms. The van der Waals surface area contributed by atoms with E-state index in [9.17, 15) is 0 Å². The van der Waals surface area contributed by atoms with Gasteiger partial charge in [0.25, 0.3) is 0 Å². The van der Waals surface area contributed by atoms with Crippen LogP contribution in [0.4, 0.5) is 0 Å². The lowest BCUT2D eigenvalue weighted by molar-refractivity contribution is 0.995. The molecule has 8 aromatic carbocycles. The van der Waals surface area contributed by atoms with Crippen LogP contribution in [0, 0.1) is 0 Å². The Hall–Kier alpha value is -8.48. The van der Waals surface area contributed by atoms with Gasteiger partial charge < -0.3 is 0 Å². The highest BCUT2D eigenvalue weighted by atomic mass is 15.2. The van der Waals surface area contributed by atoms with Gasteiger partial charge in [-0.05, 0) is 53.6 Å². The molecule has 0 N–H and O–H groups in total. The maximum Gasteiger partial charge on any atom is 0.235 e. The van der Waals surface area contributed by atoms with E-state index in [-0.39, 0.29) is 0 Å². The molecule has 0 saturated heterocycles. The molecule has 0 aliphatic carbocycles. The molecule has 12 aromatic rings. The molecule has 0 radical (unpaired) electrons. The quantitative estimate of drug-likeness (QED) is 0.161. The van der Waals surface area contributed by atoms with E-state index >= 15 is 0 Å². The molecule has 0 aliphatic heterocycles. The third kappa shape index (κ3) is 6.04. The minimum absolute atomic E-state index is 0.633. The third-order valence-corrected chi connectivity index (χ3v) is 11.8. The summed E-state index contributed by atoms with van der Waals surface area (Å²) >= 11 is 0. The first-order chi connectivity index (χ1) is 30.7. The average molecular weight is 793 g/mol. The van der Waals surface area contributed by atoms with E-state index in [2.05, 4.69) is 191 Å². The summed E-state index contributed by atoms with van der Waals surface area (Å²) in [5, 5.41) is 4.59. The van der Waals surface area contributed by atoms with Crippen LogP contribution in [0.3, 0.4) is 0 Å². The first-order valence-electron chi connectivity index (χ1n) is 20.8. The number of aromatic nitrogens is 6. The number of hydrogen-bond donors (Lipinski definition) is 0. The Kier molecular flexibility index (Phi) is 8.38. The van der Waals surface area contributed by atoms with E-state index in [1.54, 1.807) is 0 Å². The van der Waals surface area contributed by atoms with Gasteiger partial charge in [0.2, 0.25) is 5.95 Å². The first kappa shape index (κ1) is 35.5. The predicted octanol–water partition coefficient (Wildman–Crippen LogP) is 13.8. The normalized spacial score (nSPS) is 11.5. The summed E-state index contributed by atoms with van der Waals surface area (Å²) in [5.41, 5.74) is 13.2. The fourth-order valence-corrected chi connectivity index (χ4v) is 8.84. The van der Waals surface area contributed by atoms with Crippen LogP contribution in [-0.2, 0) is 0 Å². The summed E-state index contributed by atoms with van der Waals surface area (Å²) in [6.45, 7) is 0. The van der Waals surface area contributed by atoms with E-state index in [1.165, 1.54) is 0 Å². The van der Waals surface area contributed by atoms with Crippen LogP contribution in [0.15, 0.2) is 218 Å². The van der Waals surface area contributed by atoms with Crippen molar-refractivity contribution in [3.8, 4) is 68.1 Å². The van der Waals surface area contributed by atoms with Gasteiger partial charge >= 0.3 is 0 Å². The van der Waals surface area contributed by atoms with Crippen LogP contribution in [0.2, 0.25) is 0 Å². The number of para-hydroxylation sites is 2. The second-order valence-corrected chi connectivity index (χ2v) is 15.5. The number of rotatable bonds is 7. The van der Waals surface area contributed by atoms with Gasteiger partial charge in [-0.3, -0.25) is 9.13 Å². The average Bonchev–Trinajstić information content (AvgIpc) is 3.87. The number of fused-ring (bicyclic) bond motifs is 6. The highest BCUT2D eigenvalue weighted by molar-refractivity contribution is 6.12. The molecular weight excluding hydrogens is 757 g/mol. The van der Waals surface area contributed by atoms with Crippen molar-refractivity contribution in [3.05, 3.63) is 218 Å². The smallest absolute Gasteiger partial charge is 0.235 e. The Morgan fingerprint density at radius 2 is 0.661 bits per heavy atom. The molecule has 0 spiro atoms. The Balaban J connectivity index is 1.02. The molecule has 0 aliphatic rings. The standard InChI is InChI=1S/C56H36N6/c1-5-17-37(18-6-1)47-35-48(38-19-7-2-8-20-38)59-56(58-47)62-51-28-16-14-26-44(51)46-34-42(30-32-53(46)62)41-29-31-52-45(33-41)43-25-13-15-27-50(43)61(52)54-36-49(39-21-9-3-10-22-39)57-55(60-54)40-23-11-4-12-24-40/h1-36H. The van der Waals surface area contributed by atoms with Gasteiger partial charge in [0.1, 0.15) is 5.82 Å². The van der Waals surface area contributed by atoms with Crippen molar-refractivity contribution in [1.29, 1.82) is 0 Å². The molecule has 6 heteroatoms. The molecule has 0 unspecified atom stereocenters. The minimum atomic E-state index is 0.633. The van der Waals surface area contributed by atoms with Crippen LogP contribution in [-0.4, -0.2) is 29.1 Å². The zero-order chi connectivity index (χ0) is 41.0. The van der Waals surface area contributed by atoms with Gasteiger partial charge in [0.05, 0.1) is 39.1 Å². The SMILES string of the molecule is c1ccc(-c2cc(-n3c4ccccc4c4cc(-c5ccc6c(c5)c5ccccc5n6-c5nc(-c6ccccc6)cc(-c6ccccc6)n5)ccc43)nc(-c3ccccc3)n2)cc1. The van der Waals surface area contributed by atoms with Crippen LogP contribution >= 0.6 is 0 Å². The second kappa shape index (κ2) is 14.7. The summed E-state index contributed by atoms with van der Waals surface area (Å²) < 4.78 is 4.48. The summed E-state index contributed by atoms with van der Waals surface area (Å²) in [7, 11) is 0. The van der Waals surface area contributed by atoms with E-state index in [1.807, 2.05) is 36.4 Å². The van der Waals surface area contributed by atoms with Gasteiger partial charge in [0, 0.05) is 49.9 Å². The lowest BCUT2D eigenvalue weighted by atomic mass is 10.0. The first-order valence-corrected chi connectivity index (χ1v) is 20.8. The van der Waals surface area contributed by atoms with Crippen LogP contribution in [0.5, 0.6) is 0 Å². The van der Waals surface area contributed by atoms with Crippen LogP contribution < -0.4 is 0 Å². The van der Waals surface area contributed by atoms with E-state index in [4.69, 9.17) is 19.9 Å². The monoisotopic (exact) mass is 792 g/mol. The van der Waals surface area contributed by atoms with Crippen molar-refractivity contribution in [2.24, 2.45) is 0 Å². The number of hydrogen-bond acceptors (Lipinski definition) is 4. The van der Waals surface area contributed by atoms with Crippen molar-refractivity contribution >= 4 is 43.6 Å². The molecule has 4 aromatic heterocycles. The number of benzene rings is 8. The molecule has 0 amide bonds. The fraction of sp³-hybridized carbons (Fsp3) is 0. The summed E-state index contributed by atoms with van der Waals surface area (Å²) in [5.74, 6) is 2.14. The maximum atomic E-state index is 5.23. The summed E-state index contributed by atoms with van der Waals surface area (Å²) in [4.78, 5) is 20.8. The minimum Gasteiger partial charge on any atom is -0.294 e. The molecule has 0 fully saturated rings. The van der Waals surface area contributed by atoms with E-state index in [0.29, 0.717) is 11.8 Å². The topological polar surface area (TPSA) is 61.4 Å². The Bertz CT molecular complexity index is 3260. The largest absolute Gasteiger partial charge is 0.294 e. The fourth-order valence-electron chi connectivity index (χ4n) is 8.84.